The third kappa shape index (κ3) is 3.74. The Morgan fingerprint density at radius 2 is 1.52 bits per heavy atom. The Bertz CT molecular complexity index is 720. The summed E-state index contributed by atoms with van der Waals surface area (Å²) in [5.41, 5.74) is 0.938. The smallest absolute Gasteiger partial charge is 0.163 e. The molecular formula is C16H12ClN3S. The molecule has 21 heavy (non-hydrogen) atoms. The minimum absolute atomic E-state index is 0.417. The number of nitrogens with zero attached hydrogens (tertiary/aromatic N) is 2. The third-order valence-corrected chi connectivity index (χ3v) is 3.76. The van der Waals surface area contributed by atoms with Gasteiger partial charge in [0.25, 0.3) is 0 Å². The molecule has 0 saturated carbocycles. The van der Waals surface area contributed by atoms with Crippen molar-refractivity contribution in [3.63, 3.8) is 0 Å². The SMILES string of the molecule is Clc1cc(NSc2ccccc2)nc(-c2ccccc2)n1. The summed E-state index contributed by atoms with van der Waals surface area (Å²) < 4.78 is 3.19. The number of halogens is 1. The zero-order valence-electron chi connectivity index (χ0n) is 11.0. The highest BCUT2D eigenvalue weighted by Gasteiger charge is 2.05. The van der Waals surface area contributed by atoms with Gasteiger partial charge in [0, 0.05) is 16.5 Å². The molecule has 1 N–H and O–H groups in total. The number of hydrogen-bond acceptors (Lipinski definition) is 4. The highest BCUT2D eigenvalue weighted by atomic mass is 35.5. The van der Waals surface area contributed by atoms with Crippen molar-refractivity contribution in [2.45, 2.75) is 4.90 Å². The predicted octanol–water partition coefficient (Wildman–Crippen LogP) is 4.92. The van der Waals surface area contributed by atoms with Crippen LogP contribution in [0, 0.1) is 0 Å². The lowest BCUT2D eigenvalue weighted by Crippen LogP contribution is -1.96. The first-order chi connectivity index (χ1) is 10.3. The van der Waals surface area contributed by atoms with Crippen LogP contribution in [0.15, 0.2) is 71.6 Å². The second kappa shape index (κ2) is 6.61. The van der Waals surface area contributed by atoms with Gasteiger partial charge in [-0.1, -0.05) is 60.1 Å². The van der Waals surface area contributed by atoms with Gasteiger partial charge in [-0.05, 0) is 24.1 Å². The molecule has 0 aliphatic rings. The number of anilines is 1. The largest absolute Gasteiger partial charge is 0.310 e. The summed E-state index contributed by atoms with van der Waals surface area (Å²) in [6.07, 6.45) is 0. The maximum Gasteiger partial charge on any atom is 0.163 e. The van der Waals surface area contributed by atoms with Gasteiger partial charge in [-0.2, -0.15) is 0 Å². The molecule has 3 aromatic rings. The first-order valence-electron chi connectivity index (χ1n) is 6.39. The maximum atomic E-state index is 6.08. The third-order valence-electron chi connectivity index (χ3n) is 2.74. The molecule has 0 amide bonds. The van der Waals surface area contributed by atoms with E-state index in [1.54, 1.807) is 6.07 Å². The Morgan fingerprint density at radius 1 is 0.857 bits per heavy atom. The molecule has 0 aliphatic heterocycles. The van der Waals surface area contributed by atoms with Crippen molar-refractivity contribution in [2.75, 3.05) is 4.72 Å². The van der Waals surface area contributed by atoms with E-state index >= 15 is 0 Å². The zero-order valence-corrected chi connectivity index (χ0v) is 12.6. The summed E-state index contributed by atoms with van der Waals surface area (Å²) >= 11 is 7.57. The highest BCUT2D eigenvalue weighted by molar-refractivity contribution is 8.00. The van der Waals surface area contributed by atoms with Crippen LogP contribution in [0.2, 0.25) is 5.15 Å². The fourth-order valence-corrected chi connectivity index (χ4v) is 2.59. The molecule has 0 radical (unpaired) electrons. The molecule has 0 atom stereocenters. The molecule has 1 heterocycles. The molecule has 0 fully saturated rings. The van der Waals surface area contributed by atoms with Crippen LogP contribution < -0.4 is 4.72 Å². The van der Waals surface area contributed by atoms with Gasteiger partial charge in [-0.3, -0.25) is 0 Å². The van der Waals surface area contributed by atoms with Crippen LogP contribution in [0.25, 0.3) is 11.4 Å². The Kier molecular flexibility index (Phi) is 4.38. The van der Waals surface area contributed by atoms with Crippen molar-refractivity contribution in [3.8, 4) is 11.4 Å². The van der Waals surface area contributed by atoms with Crippen LogP contribution in [0.4, 0.5) is 5.82 Å². The minimum atomic E-state index is 0.417. The van der Waals surface area contributed by atoms with E-state index in [0.717, 1.165) is 10.5 Å². The van der Waals surface area contributed by atoms with Crippen molar-refractivity contribution >= 4 is 29.4 Å². The van der Waals surface area contributed by atoms with E-state index in [1.807, 2.05) is 60.7 Å². The van der Waals surface area contributed by atoms with Gasteiger partial charge in [-0.25, -0.2) is 9.97 Å². The second-order valence-corrected chi connectivity index (χ2v) is 5.55. The molecule has 3 rings (SSSR count). The van der Waals surface area contributed by atoms with E-state index in [0.29, 0.717) is 16.8 Å². The summed E-state index contributed by atoms with van der Waals surface area (Å²) in [6.45, 7) is 0. The van der Waals surface area contributed by atoms with Crippen LogP contribution in [-0.2, 0) is 0 Å². The summed E-state index contributed by atoms with van der Waals surface area (Å²) in [4.78, 5) is 9.86. The van der Waals surface area contributed by atoms with Crippen molar-refractivity contribution in [1.29, 1.82) is 0 Å². The van der Waals surface area contributed by atoms with Gasteiger partial charge in [0.2, 0.25) is 0 Å². The second-order valence-electron chi connectivity index (χ2n) is 4.28. The molecule has 0 spiro atoms. The van der Waals surface area contributed by atoms with Crippen LogP contribution in [0.5, 0.6) is 0 Å². The molecule has 0 bridgehead atoms. The molecule has 0 saturated heterocycles. The van der Waals surface area contributed by atoms with Crippen molar-refractivity contribution in [2.24, 2.45) is 0 Å². The lowest BCUT2D eigenvalue weighted by Gasteiger charge is -2.07. The summed E-state index contributed by atoms with van der Waals surface area (Å²) in [5.74, 6) is 1.29. The van der Waals surface area contributed by atoms with E-state index in [-0.39, 0.29) is 0 Å². The van der Waals surface area contributed by atoms with E-state index < -0.39 is 0 Å². The average Bonchev–Trinajstić information content (AvgIpc) is 2.54. The molecule has 2 aromatic carbocycles. The lowest BCUT2D eigenvalue weighted by atomic mass is 10.2. The van der Waals surface area contributed by atoms with Crippen molar-refractivity contribution < 1.29 is 0 Å². The number of benzene rings is 2. The fraction of sp³-hybridized carbons (Fsp3) is 0. The van der Waals surface area contributed by atoms with Crippen LogP contribution in [0.3, 0.4) is 0 Å². The highest BCUT2D eigenvalue weighted by Crippen LogP contribution is 2.24. The Hall–Kier alpha value is -2.04. The monoisotopic (exact) mass is 313 g/mol. The van der Waals surface area contributed by atoms with Crippen LogP contribution in [0.1, 0.15) is 0 Å². The minimum Gasteiger partial charge on any atom is -0.310 e. The number of rotatable bonds is 4. The van der Waals surface area contributed by atoms with E-state index in [9.17, 15) is 0 Å². The number of aromatic nitrogens is 2. The molecule has 1 aromatic heterocycles. The fourth-order valence-electron chi connectivity index (χ4n) is 1.79. The lowest BCUT2D eigenvalue weighted by molar-refractivity contribution is 1.18. The zero-order chi connectivity index (χ0) is 14.5. The summed E-state index contributed by atoms with van der Waals surface area (Å²) in [5, 5.41) is 0.417. The number of hydrogen-bond donors (Lipinski definition) is 1. The van der Waals surface area contributed by atoms with Crippen LogP contribution in [-0.4, -0.2) is 9.97 Å². The molecule has 0 aliphatic carbocycles. The van der Waals surface area contributed by atoms with Crippen molar-refractivity contribution in [3.05, 3.63) is 71.9 Å². The van der Waals surface area contributed by atoms with E-state index in [2.05, 4.69) is 14.7 Å². The van der Waals surface area contributed by atoms with Crippen molar-refractivity contribution in [1.82, 2.24) is 9.97 Å². The predicted molar refractivity (Wildman–Crippen MR) is 88.4 cm³/mol. The van der Waals surface area contributed by atoms with Gasteiger partial charge in [0.05, 0.1) is 0 Å². The van der Waals surface area contributed by atoms with Gasteiger partial charge in [-0.15, -0.1) is 0 Å². The molecular weight excluding hydrogens is 302 g/mol. The Balaban J connectivity index is 1.82. The average molecular weight is 314 g/mol. The van der Waals surface area contributed by atoms with Gasteiger partial charge in [0.1, 0.15) is 11.0 Å². The van der Waals surface area contributed by atoms with Crippen LogP contribution >= 0.6 is 23.5 Å². The topological polar surface area (TPSA) is 37.8 Å². The number of nitrogens with one attached hydrogen (secondary N) is 1. The molecule has 104 valence electrons. The first kappa shape index (κ1) is 13.9. The van der Waals surface area contributed by atoms with E-state index in [4.69, 9.17) is 11.6 Å². The van der Waals surface area contributed by atoms with E-state index in [1.165, 1.54) is 11.9 Å². The maximum absolute atomic E-state index is 6.08. The quantitative estimate of drug-likeness (QED) is 0.548. The molecule has 5 heteroatoms. The molecule has 0 unspecified atom stereocenters. The Labute approximate surface area is 132 Å². The van der Waals surface area contributed by atoms with Gasteiger partial charge < -0.3 is 4.72 Å². The standard InChI is InChI=1S/C16H12ClN3S/c17-14-11-15(20-21-13-9-5-2-6-10-13)19-16(18-14)12-7-3-1-4-8-12/h1-11H,(H,18,19,20). The van der Waals surface area contributed by atoms with Gasteiger partial charge in [0.15, 0.2) is 5.82 Å². The van der Waals surface area contributed by atoms with Gasteiger partial charge >= 0.3 is 0 Å². The normalized spacial score (nSPS) is 10.3. The summed E-state index contributed by atoms with van der Waals surface area (Å²) in [6, 6.07) is 21.5. The summed E-state index contributed by atoms with van der Waals surface area (Å²) in [7, 11) is 0. The first-order valence-corrected chi connectivity index (χ1v) is 7.58. The Morgan fingerprint density at radius 3 is 2.24 bits per heavy atom. The molecule has 3 nitrogen and oxygen atoms in total.